The van der Waals surface area contributed by atoms with Crippen LogP contribution in [0.25, 0.3) is 11.1 Å². The lowest BCUT2D eigenvalue weighted by Crippen LogP contribution is -2.16. The van der Waals surface area contributed by atoms with Crippen molar-refractivity contribution < 1.29 is 28.1 Å². The quantitative estimate of drug-likeness (QED) is 0.260. The van der Waals surface area contributed by atoms with Crippen molar-refractivity contribution in [2.75, 3.05) is 20.3 Å². The fraction of sp³-hybridized carbons (Fsp3) is 0.375. The Morgan fingerprint density at radius 3 is 2.59 bits per heavy atom. The predicted octanol–water partition coefficient (Wildman–Crippen LogP) is 6.10. The molecule has 0 spiro atoms. The van der Waals surface area contributed by atoms with Crippen LogP contribution in [0.5, 0.6) is 11.6 Å². The SMILES string of the molecule is CC#CC(CC(=O)OC)c1ccc(O[C@@H]2CCc3c(-c4ccc(O[C@@H]5CCOC5)nc4C)ccc(F)c32)cc1. The standard InChI is InChI=1S/C32H32FNO5/c1-4-5-22(18-31(35)36-3)21-6-8-23(9-7-21)38-29-14-11-27-26(10-13-28(33)32(27)29)25-12-15-30(34-20(25)2)39-24-16-17-37-19-24/h6-10,12-13,15,22,24,29H,11,14,16-19H2,1-3H3/t22?,24-,29-/m1/s1. The number of halogens is 1. The molecule has 1 fully saturated rings. The van der Waals surface area contributed by atoms with Crippen LogP contribution in [0.1, 0.15) is 60.6 Å². The second-order valence-corrected chi connectivity index (χ2v) is 9.81. The van der Waals surface area contributed by atoms with Gasteiger partial charge in [-0.25, -0.2) is 9.37 Å². The Labute approximate surface area is 228 Å². The third-order valence-electron chi connectivity index (χ3n) is 7.29. The van der Waals surface area contributed by atoms with Gasteiger partial charge in [-0.15, -0.1) is 5.92 Å². The number of aryl methyl sites for hydroxylation is 1. The van der Waals surface area contributed by atoms with Crippen LogP contribution in [-0.4, -0.2) is 37.4 Å². The lowest BCUT2D eigenvalue weighted by atomic mass is 9.95. The maximum absolute atomic E-state index is 15.2. The first kappa shape index (κ1) is 26.7. The van der Waals surface area contributed by atoms with Gasteiger partial charge in [0.05, 0.1) is 32.7 Å². The van der Waals surface area contributed by atoms with E-state index in [9.17, 15) is 4.79 Å². The number of benzene rings is 2. The molecule has 0 N–H and O–H groups in total. The summed E-state index contributed by atoms with van der Waals surface area (Å²) in [6, 6.07) is 14.7. The van der Waals surface area contributed by atoms with Gasteiger partial charge in [0.15, 0.2) is 0 Å². The summed E-state index contributed by atoms with van der Waals surface area (Å²) >= 11 is 0. The minimum atomic E-state index is -0.398. The number of carbonyl (C=O) groups excluding carboxylic acids is 1. The van der Waals surface area contributed by atoms with E-state index in [0.717, 1.165) is 34.4 Å². The van der Waals surface area contributed by atoms with Gasteiger partial charge < -0.3 is 18.9 Å². The van der Waals surface area contributed by atoms with E-state index in [0.29, 0.717) is 43.2 Å². The molecule has 6 nitrogen and oxygen atoms in total. The molecule has 202 valence electrons. The smallest absolute Gasteiger partial charge is 0.307 e. The van der Waals surface area contributed by atoms with Crippen molar-refractivity contribution in [3.63, 3.8) is 0 Å². The number of hydrogen-bond acceptors (Lipinski definition) is 6. The molecule has 1 aliphatic carbocycles. The number of hydrogen-bond donors (Lipinski definition) is 0. The number of nitrogens with zero attached hydrogens (tertiary/aromatic N) is 1. The summed E-state index contributed by atoms with van der Waals surface area (Å²) in [6.45, 7) is 4.98. The van der Waals surface area contributed by atoms with Crippen LogP contribution in [0.3, 0.4) is 0 Å². The first-order chi connectivity index (χ1) is 19.0. The Hall–Kier alpha value is -3.89. The zero-order valence-electron chi connectivity index (χ0n) is 22.5. The summed E-state index contributed by atoms with van der Waals surface area (Å²) in [4.78, 5) is 16.5. The van der Waals surface area contributed by atoms with E-state index in [1.807, 2.05) is 49.4 Å². The second-order valence-electron chi connectivity index (χ2n) is 9.81. The second kappa shape index (κ2) is 11.9. The molecule has 1 saturated heterocycles. The molecule has 0 amide bonds. The molecule has 2 aliphatic rings. The van der Waals surface area contributed by atoms with Gasteiger partial charge in [-0.05, 0) is 67.6 Å². The van der Waals surface area contributed by atoms with Gasteiger partial charge in [0.1, 0.15) is 23.8 Å². The molecular weight excluding hydrogens is 497 g/mol. The van der Waals surface area contributed by atoms with Crippen molar-refractivity contribution in [2.45, 2.75) is 57.7 Å². The van der Waals surface area contributed by atoms with E-state index < -0.39 is 6.10 Å². The highest BCUT2D eigenvalue weighted by atomic mass is 19.1. The number of pyridine rings is 1. The van der Waals surface area contributed by atoms with Crippen LogP contribution in [0.4, 0.5) is 4.39 Å². The third-order valence-corrected chi connectivity index (χ3v) is 7.29. The van der Waals surface area contributed by atoms with Crippen molar-refractivity contribution in [3.05, 3.63) is 76.7 Å². The number of carbonyl (C=O) groups is 1. The van der Waals surface area contributed by atoms with Crippen molar-refractivity contribution in [2.24, 2.45) is 0 Å². The van der Waals surface area contributed by atoms with Crippen LogP contribution in [0.2, 0.25) is 0 Å². The fourth-order valence-corrected chi connectivity index (χ4v) is 5.33. The van der Waals surface area contributed by atoms with E-state index in [1.54, 1.807) is 6.92 Å². The Morgan fingerprint density at radius 1 is 1.10 bits per heavy atom. The molecule has 5 rings (SSSR count). The Kier molecular flexibility index (Phi) is 8.13. The molecule has 7 heteroatoms. The number of aromatic nitrogens is 1. The van der Waals surface area contributed by atoms with Crippen LogP contribution in [0.15, 0.2) is 48.5 Å². The molecule has 0 radical (unpaired) electrons. The first-order valence-electron chi connectivity index (χ1n) is 13.3. The molecule has 0 bridgehead atoms. The van der Waals surface area contributed by atoms with E-state index in [4.69, 9.17) is 18.9 Å². The van der Waals surface area contributed by atoms with Crippen LogP contribution >= 0.6 is 0 Å². The zero-order valence-corrected chi connectivity index (χ0v) is 22.5. The summed E-state index contributed by atoms with van der Waals surface area (Å²) in [5.41, 5.74) is 5.21. The monoisotopic (exact) mass is 529 g/mol. The number of ether oxygens (including phenoxy) is 4. The lowest BCUT2D eigenvalue weighted by Gasteiger charge is -2.18. The molecule has 39 heavy (non-hydrogen) atoms. The minimum absolute atomic E-state index is 0.0306. The molecular formula is C32H32FNO5. The molecule has 2 aromatic carbocycles. The van der Waals surface area contributed by atoms with Gasteiger partial charge in [0.25, 0.3) is 0 Å². The van der Waals surface area contributed by atoms with Gasteiger partial charge in [-0.2, -0.15) is 0 Å². The molecule has 1 aliphatic heterocycles. The fourth-order valence-electron chi connectivity index (χ4n) is 5.33. The van der Waals surface area contributed by atoms with Gasteiger partial charge >= 0.3 is 5.97 Å². The number of methoxy groups -OCH3 is 1. The van der Waals surface area contributed by atoms with Crippen LogP contribution in [0, 0.1) is 24.6 Å². The maximum atomic E-state index is 15.2. The highest BCUT2D eigenvalue weighted by molar-refractivity contribution is 5.72. The molecule has 2 heterocycles. The summed E-state index contributed by atoms with van der Waals surface area (Å²) < 4.78 is 37.6. The maximum Gasteiger partial charge on any atom is 0.307 e. The average molecular weight is 530 g/mol. The highest BCUT2D eigenvalue weighted by Crippen LogP contribution is 2.42. The first-order valence-corrected chi connectivity index (χ1v) is 13.3. The summed E-state index contributed by atoms with van der Waals surface area (Å²) in [6.07, 6.45) is 2.05. The van der Waals surface area contributed by atoms with E-state index >= 15 is 4.39 Å². The van der Waals surface area contributed by atoms with Gasteiger partial charge in [0, 0.05) is 29.3 Å². The average Bonchev–Trinajstić information content (AvgIpc) is 3.60. The van der Waals surface area contributed by atoms with Crippen molar-refractivity contribution in [1.82, 2.24) is 4.98 Å². The van der Waals surface area contributed by atoms with Crippen LogP contribution < -0.4 is 9.47 Å². The van der Waals surface area contributed by atoms with Gasteiger partial charge in [-0.1, -0.05) is 24.1 Å². The number of rotatable bonds is 8. The predicted molar refractivity (Wildman–Crippen MR) is 145 cm³/mol. The number of esters is 1. The Balaban J connectivity index is 1.35. The lowest BCUT2D eigenvalue weighted by molar-refractivity contribution is -0.140. The largest absolute Gasteiger partial charge is 0.486 e. The van der Waals surface area contributed by atoms with Crippen molar-refractivity contribution in [3.8, 4) is 34.6 Å². The Bertz CT molecular complexity index is 1400. The third kappa shape index (κ3) is 5.91. The molecule has 0 saturated carbocycles. The summed E-state index contributed by atoms with van der Waals surface area (Å²) in [5.74, 6) is 6.32. The minimum Gasteiger partial charge on any atom is -0.486 e. The zero-order chi connectivity index (χ0) is 27.4. The molecule has 1 aromatic heterocycles. The molecule has 3 aromatic rings. The van der Waals surface area contributed by atoms with Crippen molar-refractivity contribution >= 4 is 5.97 Å². The number of fused-ring (bicyclic) bond motifs is 1. The van der Waals surface area contributed by atoms with Crippen LogP contribution in [-0.2, 0) is 20.7 Å². The summed E-state index contributed by atoms with van der Waals surface area (Å²) in [7, 11) is 1.37. The van der Waals surface area contributed by atoms with E-state index in [1.165, 1.54) is 13.2 Å². The van der Waals surface area contributed by atoms with E-state index in [2.05, 4.69) is 16.8 Å². The van der Waals surface area contributed by atoms with Crippen molar-refractivity contribution in [1.29, 1.82) is 0 Å². The normalized spacial score (nSPS) is 18.6. The molecule has 1 unspecified atom stereocenters. The topological polar surface area (TPSA) is 66.9 Å². The molecule has 3 atom stereocenters. The van der Waals surface area contributed by atoms with Gasteiger partial charge in [0.2, 0.25) is 5.88 Å². The highest BCUT2D eigenvalue weighted by Gasteiger charge is 2.31. The summed E-state index contributed by atoms with van der Waals surface area (Å²) in [5, 5.41) is 0. The van der Waals surface area contributed by atoms with E-state index in [-0.39, 0.29) is 30.2 Å². The Morgan fingerprint density at radius 2 is 1.90 bits per heavy atom. The van der Waals surface area contributed by atoms with Gasteiger partial charge in [-0.3, -0.25) is 4.79 Å².